The van der Waals surface area contributed by atoms with Gasteiger partial charge in [0.05, 0.1) is 0 Å². The third-order valence-corrected chi connectivity index (χ3v) is 6.20. The molecule has 0 amide bonds. The second-order valence-electron chi connectivity index (χ2n) is 7.78. The molecule has 0 unspecified atom stereocenters. The average Bonchev–Trinajstić information content (AvgIpc) is 2.75. The molecule has 2 N–H and O–H groups in total. The monoisotopic (exact) mass is 410 g/mol. The number of rotatable bonds is 2. The molecule has 2 aliphatic rings. The third-order valence-electron chi connectivity index (χ3n) is 5.91. The Morgan fingerprint density at radius 2 is 1.66 bits per heavy atom. The lowest BCUT2D eigenvalue weighted by Crippen LogP contribution is -2.52. The van der Waals surface area contributed by atoms with Crippen LogP contribution >= 0.6 is 11.6 Å². The number of benzene rings is 1. The van der Waals surface area contributed by atoms with Gasteiger partial charge in [-0.1, -0.05) is 23.4 Å². The van der Waals surface area contributed by atoms with Gasteiger partial charge in [0.2, 0.25) is 0 Å². The fourth-order valence-corrected chi connectivity index (χ4v) is 4.25. The van der Waals surface area contributed by atoms with Crippen LogP contribution in [0.1, 0.15) is 24.0 Å². The minimum absolute atomic E-state index is 0.282. The fourth-order valence-electron chi connectivity index (χ4n) is 4.06. The largest absolute Gasteiger partial charge is 0.383 e. The highest BCUT2D eigenvalue weighted by Crippen LogP contribution is 2.24. The minimum atomic E-state index is 0.282. The first-order valence-corrected chi connectivity index (χ1v) is 10.5. The Balaban J connectivity index is 1.35. The molecule has 2 aromatic rings. The van der Waals surface area contributed by atoms with Crippen LogP contribution in [-0.2, 0) is 0 Å². The topological polar surface area (TPSA) is 61.5 Å². The molecular weight excluding hydrogens is 384 g/mol. The van der Waals surface area contributed by atoms with Crippen molar-refractivity contribution in [3.63, 3.8) is 0 Å². The Labute approximate surface area is 177 Å². The van der Waals surface area contributed by atoms with E-state index in [4.69, 9.17) is 17.3 Å². The van der Waals surface area contributed by atoms with Gasteiger partial charge in [-0.15, -0.1) is 0 Å². The van der Waals surface area contributed by atoms with Crippen LogP contribution in [0.25, 0.3) is 0 Å². The number of nitrogens with two attached hydrogens (primary N) is 1. The highest BCUT2D eigenvalue weighted by atomic mass is 35.5. The first-order chi connectivity index (χ1) is 14.1. The van der Waals surface area contributed by atoms with Gasteiger partial charge in [-0.2, -0.15) is 0 Å². The molecule has 29 heavy (non-hydrogen) atoms. The molecule has 1 aromatic heterocycles. The van der Waals surface area contributed by atoms with E-state index >= 15 is 0 Å². The molecule has 4 rings (SSSR count). The van der Waals surface area contributed by atoms with Crippen LogP contribution in [-0.4, -0.2) is 72.1 Å². The molecule has 6 nitrogen and oxygen atoms in total. The Hall–Kier alpha value is -2.33. The number of anilines is 2. The van der Waals surface area contributed by atoms with E-state index in [1.165, 1.54) is 51.0 Å². The minimum Gasteiger partial charge on any atom is -0.383 e. The number of hydrogen-bond donors (Lipinski definition) is 1. The van der Waals surface area contributed by atoms with Gasteiger partial charge < -0.3 is 15.5 Å². The highest BCUT2D eigenvalue weighted by molar-refractivity contribution is 6.30. The summed E-state index contributed by atoms with van der Waals surface area (Å²) < 4.78 is 0. The van der Waals surface area contributed by atoms with Crippen molar-refractivity contribution in [1.29, 1.82) is 0 Å². The second kappa shape index (κ2) is 9.00. The number of nitrogens with zero attached hydrogens (tertiary/aromatic N) is 5. The van der Waals surface area contributed by atoms with Crippen molar-refractivity contribution in [2.24, 2.45) is 0 Å². The lowest BCUT2D eigenvalue weighted by molar-refractivity contribution is 0.0982. The van der Waals surface area contributed by atoms with Gasteiger partial charge in [0.15, 0.2) is 0 Å². The summed E-state index contributed by atoms with van der Waals surface area (Å²) in [6, 6.07) is 9.11. The number of halogens is 1. The van der Waals surface area contributed by atoms with Crippen molar-refractivity contribution in [3.05, 3.63) is 46.9 Å². The average molecular weight is 411 g/mol. The van der Waals surface area contributed by atoms with Crippen LogP contribution in [0.4, 0.5) is 11.5 Å². The Bertz CT molecular complexity index is 868. The molecular formula is C22H27ClN6. The van der Waals surface area contributed by atoms with Crippen LogP contribution < -0.4 is 10.6 Å². The van der Waals surface area contributed by atoms with Crippen LogP contribution in [0.2, 0.25) is 5.15 Å². The van der Waals surface area contributed by atoms with E-state index < -0.39 is 0 Å². The van der Waals surface area contributed by atoms with Gasteiger partial charge in [0.1, 0.15) is 22.9 Å². The van der Waals surface area contributed by atoms with E-state index in [1.807, 2.05) is 12.1 Å². The van der Waals surface area contributed by atoms with Gasteiger partial charge in [-0.05, 0) is 44.2 Å². The Morgan fingerprint density at radius 1 is 0.966 bits per heavy atom. The predicted molar refractivity (Wildman–Crippen MR) is 118 cm³/mol. The summed E-state index contributed by atoms with van der Waals surface area (Å²) in [7, 11) is 2.21. The molecule has 0 saturated carbocycles. The second-order valence-corrected chi connectivity index (χ2v) is 8.14. The summed E-state index contributed by atoms with van der Waals surface area (Å²) in [5.74, 6) is 6.39. The van der Waals surface area contributed by atoms with Gasteiger partial charge >= 0.3 is 0 Å². The maximum Gasteiger partial charge on any atom is 0.150 e. The standard InChI is InChI=1S/C22H27ClN6/c1-27-12-14-29(15-13-27)19-8-10-28(11-9-19)18-5-2-17(3-6-18)4-7-20-21(23)25-16-26-22(20)24/h2-3,5-6,16,19H,8-15H2,1H3,(H2,24,25,26). The van der Waals surface area contributed by atoms with Crippen molar-refractivity contribution < 1.29 is 0 Å². The van der Waals surface area contributed by atoms with E-state index in [2.05, 4.69) is 55.7 Å². The van der Waals surface area contributed by atoms with Crippen molar-refractivity contribution in [3.8, 4) is 11.8 Å². The van der Waals surface area contributed by atoms with Crippen molar-refractivity contribution in [2.75, 3.05) is 56.9 Å². The lowest BCUT2D eigenvalue weighted by Gasteiger charge is -2.42. The highest BCUT2D eigenvalue weighted by Gasteiger charge is 2.26. The fraction of sp³-hybridized carbons (Fsp3) is 0.455. The Kier molecular flexibility index (Phi) is 6.19. The van der Waals surface area contributed by atoms with E-state index in [0.717, 1.165) is 24.7 Å². The quantitative estimate of drug-likeness (QED) is 0.605. The van der Waals surface area contributed by atoms with Crippen LogP contribution in [0.5, 0.6) is 0 Å². The Morgan fingerprint density at radius 3 is 2.31 bits per heavy atom. The first-order valence-electron chi connectivity index (χ1n) is 10.2. The van der Waals surface area contributed by atoms with Gasteiger partial charge in [0.25, 0.3) is 0 Å². The third kappa shape index (κ3) is 4.81. The van der Waals surface area contributed by atoms with E-state index in [1.54, 1.807) is 0 Å². The molecule has 0 atom stereocenters. The van der Waals surface area contributed by atoms with Crippen LogP contribution in [0.15, 0.2) is 30.6 Å². The zero-order valence-corrected chi connectivity index (χ0v) is 17.6. The van der Waals surface area contributed by atoms with Crippen molar-refractivity contribution in [2.45, 2.75) is 18.9 Å². The molecule has 0 bridgehead atoms. The SMILES string of the molecule is CN1CCN(C2CCN(c3ccc(C#Cc4c(N)ncnc4Cl)cc3)CC2)CC1. The van der Waals surface area contributed by atoms with Crippen molar-refractivity contribution in [1.82, 2.24) is 19.8 Å². The molecule has 0 spiro atoms. The van der Waals surface area contributed by atoms with E-state index in [0.29, 0.717) is 11.4 Å². The van der Waals surface area contributed by atoms with E-state index in [-0.39, 0.29) is 5.15 Å². The van der Waals surface area contributed by atoms with Crippen LogP contribution in [0.3, 0.4) is 0 Å². The molecule has 2 saturated heterocycles. The zero-order chi connectivity index (χ0) is 20.2. The predicted octanol–water partition coefficient (Wildman–Crippen LogP) is 2.33. The summed E-state index contributed by atoms with van der Waals surface area (Å²) in [5, 5.41) is 0.282. The van der Waals surface area contributed by atoms with Gasteiger partial charge in [0, 0.05) is 56.6 Å². The summed E-state index contributed by atoms with van der Waals surface area (Å²) in [4.78, 5) is 15.4. The van der Waals surface area contributed by atoms with Crippen molar-refractivity contribution >= 4 is 23.1 Å². The summed E-state index contributed by atoms with van der Waals surface area (Å²) in [6.45, 7) is 7.00. The molecule has 3 heterocycles. The van der Waals surface area contributed by atoms with Gasteiger partial charge in [-0.3, -0.25) is 4.90 Å². The number of hydrogen-bond acceptors (Lipinski definition) is 6. The molecule has 0 aliphatic carbocycles. The molecule has 152 valence electrons. The lowest BCUT2D eigenvalue weighted by atomic mass is 10.0. The first kappa shape index (κ1) is 20.0. The molecule has 2 aliphatic heterocycles. The smallest absolute Gasteiger partial charge is 0.150 e. The summed E-state index contributed by atoms with van der Waals surface area (Å²) >= 11 is 6.05. The molecule has 2 fully saturated rings. The number of piperazine rings is 1. The maximum atomic E-state index is 6.05. The number of aromatic nitrogens is 2. The molecule has 0 radical (unpaired) electrons. The number of nitrogen functional groups attached to an aromatic ring is 1. The molecule has 7 heteroatoms. The summed E-state index contributed by atoms with van der Waals surface area (Å²) in [6.07, 6.45) is 3.80. The number of likely N-dealkylation sites (N-methyl/N-ethyl adjacent to an activating group) is 1. The number of piperidine rings is 1. The van der Waals surface area contributed by atoms with Crippen LogP contribution in [0, 0.1) is 11.8 Å². The normalized spacial score (nSPS) is 19.0. The molecule has 1 aromatic carbocycles. The zero-order valence-electron chi connectivity index (χ0n) is 16.8. The van der Waals surface area contributed by atoms with E-state index in [9.17, 15) is 0 Å². The maximum absolute atomic E-state index is 6.05. The summed E-state index contributed by atoms with van der Waals surface area (Å²) in [5.41, 5.74) is 8.48. The van der Waals surface area contributed by atoms with Gasteiger partial charge in [-0.25, -0.2) is 9.97 Å².